The monoisotopic (exact) mass is 466 g/mol. The molecule has 1 fully saturated rings. The summed E-state index contributed by atoms with van der Waals surface area (Å²) in [5.74, 6) is 0.611. The molecule has 3 aromatic heterocycles. The van der Waals surface area contributed by atoms with E-state index in [0.29, 0.717) is 28.6 Å². The Kier molecular flexibility index (Phi) is 4.90. The van der Waals surface area contributed by atoms with Crippen LogP contribution in [0.1, 0.15) is 35.6 Å². The molecule has 0 amide bonds. The number of rotatable bonds is 5. The van der Waals surface area contributed by atoms with Crippen molar-refractivity contribution in [2.24, 2.45) is 7.05 Å². The van der Waals surface area contributed by atoms with Crippen LogP contribution in [0.2, 0.25) is 0 Å². The van der Waals surface area contributed by atoms with Gasteiger partial charge in [-0.2, -0.15) is 5.26 Å². The maximum absolute atomic E-state index is 14.5. The first kappa shape index (κ1) is 21.1. The summed E-state index contributed by atoms with van der Waals surface area (Å²) in [4.78, 5) is 9.16. The number of aliphatic hydroxyl groups excluding tert-OH is 1. The molecule has 1 saturated carbocycles. The van der Waals surface area contributed by atoms with E-state index in [1.54, 1.807) is 29.1 Å². The van der Waals surface area contributed by atoms with E-state index in [1.165, 1.54) is 6.07 Å². The van der Waals surface area contributed by atoms with Crippen LogP contribution in [0.4, 0.5) is 4.39 Å². The first-order chi connectivity index (χ1) is 17.0. The number of benzene rings is 2. The van der Waals surface area contributed by atoms with Crippen LogP contribution in [-0.4, -0.2) is 29.8 Å². The average molecular weight is 466 g/mol. The van der Waals surface area contributed by atoms with Crippen LogP contribution in [0.25, 0.3) is 45.2 Å². The lowest BCUT2D eigenvalue weighted by Crippen LogP contribution is -1.97. The number of halogens is 1. The van der Waals surface area contributed by atoms with Crippen LogP contribution in [0.5, 0.6) is 0 Å². The summed E-state index contributed by atoms with van der Waals surface area (Å²) < 4.78 is 22.2. The van der Waals surface area contributed by atoms with Gasteiger partial charge in [0, 0.05) is 24.2 Å². The summed E-state index contributed by atoms with van der Waals surface area (Å²) in [6, 6.07) is 14.3. The largest absolute Gasteiger partial charge is 0.435 e. The van der Waals surface area contributed by atoms with Gasteiger partial charge in [0.1, 0.15) is 17.5 Å². The quantitative estimate of drug-likeness (QED) is 0.398. The summed E-state index contributed by atoms with van der Waals surface area (Å²) in [6.45, 7) is -0.300. The summed E-state index contributed by atoms with van der Waals surface area (Å²) in [5, 5.41) is 27.1. The van der Waals surface area contributed by atoms with Crippen LogP contribution >= 0.6 is 0 Å². The third kappa shape index (κ3) is 3.74. The van der Waals surface area contributed by atoms with Crippen LogP contribution < -0.4 is 0 Å². The topological polar surface area (TPSA) is 114 Å². The Bertz CT molecular complexity index is 1640. The molecule has 0 saturated heterocycles. The number of oxazole rings is 1. The van der Waals surface area contributed by atoms with Gasteiger partial charge in [-0.05, 0) is 65.9 Å². The molecule has 0 spiro atoms. The molecule has 6 rings (SSSR count). The number of aliphatic hydroxyl groups is 1. The molecule has 35 heavy (non-hydrogen) atoms. The predicted octanol–water partition coefficient (Wildman–Crippen LogP) is 4.73. The summed E-state index contributed by atoms with van der Waals surface area (Å²) >= 11 is 0. The highest BCUT2D eigenvalue weighted by molar-refractivity contribution is 5.84. The lowest BCUT2D eigenvalue weighted by Gasteiger charge is -2.12. The molecule has 1 aliphatic carbocycles. The van der Waals surface area contributed by atoms with Crippen molar-refractivity contribution in [1.29, 1.82) is 5.26 Å². The molecule has 1 aliphatic rings. The Morgan fingerprint density at radius 3 is 2.71 bits per heavy atom. The summed E-state index contributed by atoms with van der Waals surface area (Å²) in [5.41, 5.74) is 5.13. The van der Waals surface area contributed by atoms with Gasteiger partial charge in [-0.3, -0.25) is 0 Å². The number of nitriles is 1. The van der Waals surface area contributed by atoms with Crippen molar-refractivity contribution in [3.63, 3.8) is 0 Å². The minimum Gasteiger partial charge on any atom is -0.435 e. The van der Waals surface area contributed by atoms with Crippen molar-refractivity contribution in [3.05, 3.63) is 71.4 Å². The van der Waals surface area contributed by atoms with Gasteiger partial charge in [-0.25, -0.2) is 14.4 Å². The van der Waals surface area contributed by atoms with Crippen molar-refractivity contribution in [3.8, 4) is 40.2 Å². The second kappa shape index (κ2) is 8.11. The Balaban J connectivity index is 1.55. The standard InChI is InChI=1S/C26H19FN6O2/c1-33-13-29-32-25(33)19-6-14(11-28)2-5-18(19)17-9-21(16-3-4-16)30-22(10-17)26-31-24-20(27)7-15(12-34)8-23(24)35-26/h2,5-10,13,16,34H,3-4,12H2,1H3. The molecule has 8 nitrogen and oxygen atoms in total. The fraction of sp³-hybridized carbons (Fsp3) is 0.192. The zero-order valence-corrected chi connectivity index (χ0v) is 18.7. The number of hydrogen-bond donors (Lipinski definition) is 1. The zero-order chi connectivity index (χ0) is 24.1. The van der Waals surface area contributed by atoms with Gasteiger partial charge in [0.05, 0.1) is 18.2 Å². The predicted molar refractivity (Wildman–Crippen MR) is 125 cm³/mol. The first-order valence-electron chi connectivity index (χ1n) is 11.1. The molecule has 0 unspecified atom stereocenters. The van der Waals surface area contributed by atoms with Crippen LogP contribution in [0.3, 0.4) is 0 Å². The zero-order valence-electron chi connectivity index (χ0n) is 18.7. The lowest BCUT2D eigenvalue weighted by molar-refractivity contribution is 0.281. The number of pyridine rings is 1. The van der Waals surface area contributed by atoms with Gasteiger partial charge in [0.25, 0.3) is 0 Å². The molecule has 0 aliphatic heterocycles. The van der Waals surface area contributed by atoms with Gasteiger partial charge in [-0.15, -0.1) is 10.2 Å². The molecular weight excluding hydrogens is 447 g/mol. The Hall–Kier alpha value is -4.42. The average Bonchev–Trinajstić information content (AvgIpc) is 3.50. The van der Waals surface area contributed by atoms with Crippen molar-refractivity contribution < 1.29 is 13.9 Å². The third-order valence-corrected chi connectivity index (χ3v) is 6.16. The van der Waals surface area contributed by atoms with E-state index < -0.39 is 5.82 Å². The second-order valence-electron chi connectivity index (χ2n) is 8.68. The number of fused-ring (bicyclic) bond motifs is 1. The van der Waals surface area contributed by atoms with Crippen molar-refractivity contribution in [2.45, 2.75) is 25.4 Å². The van der Waals surface area contributed by atoms with Gasteiger partial charge in [-0.1, -0.05) is 6.07 Å². The Morgan fingerprint density at radius 1 is 1.14 bits per heavy atom. The molecule has 9 heteroatoms. The number of aromatic nitrogens is 5. The van der Waals surface area contributed by atoms with Crippen LogP contribution in [0, 0.1) is 17.1 Å². The summed E-state index contributed by atoms with van der Waals surface area (Å²) in [6.07, 6.45) is 3.70. The van der Waals surface area contributed by atoms with E-state index in [2.05, 4.69) is 21.3 Å². The molecule has 0 atom stereocenters. The SMILES string of the molecule is Cn1cnnc1-c1cc(C#N)ccc1-c1cc(-c2nc3c(F)cc(CO)cc3o2)nc(C2CC2)c1. The molecule has 3 heterocycles. The maximum atomic E-state index is 14.5. The minimum atomic E-state index is -0.559. The minimum absolute atomic E-state index is 0.0931. The highest BCUT2D eigenvalue weighted by Crippen LogP contribution is 2.42. The maximum Gasteiger partial charge on any atom is 0.246 e. The van der Waals surface area contributed by atoms with Crippen LogP contribution in [0.15, 0.2) is 53.2 Å². The number of aryl methyl sites for hydroxylation is 1. The molecule has 172 valence electrons. The van der Waals surface area contributed by atoms with Gasteiger partial charge in [0.15, 0.2) is 17.2 Å². The van der Waals surface area contributed by atoms with E-state index in [-0.39, 0.29) is 23.6 Å². The van der Waals surface area contributed by atoms with E-state index in [4.69, 9.17) is 9.40 Å². The van der Waals surface area contributed by atoms with E-state index >= 15 is 0 Å². The van der Waals surface area contributed by atoms with Crippen molar-refractivity contribution in [1.82, 2.24) is 24.7 Å². The molecule has 0 radical (unpaired) electrons. The Labute approximate surface area is 199 Å². The van der Waals surface area contributed by atoms with Crippen LogP contribution in [-0.2, 0) is 13.7 Å². The van der Waals surface area contributed by atoms with Gasteiger partial charge < -0.3 is 14.1 Å². The highest BCUT2D eigenvalue weighted by Gasteiger charge is 2.27. The third-order valence-electron chi connectivity index (χ3n) is 6.16. The normalized spacial score (nSPS) is 13.3. The smallest absolute Gasteiger partial charge is 0.246 e. The van der Waals surface area contributed by atoms with Crippen molar-refractivity contribution in [2.75, 3.05) is 0 Å². The van der Waals surface area contributed by atoms with E-state index in [0.717, 1.165) is 35.2 Å². The number of hydrogen-bond acceptors (Lipinski definition) is 7. The fourth-order valence-corrected chi connectivity index (χ4v) is 4.23. The molecule has 0 bridgehead atoms. The van der Waals surface area contributed by atoms with Crippen molar-refractivity contribution >= 4 is 11.1 Å². The fourth-order valence-electron chi connectivity index (χ4n) is 4.23. The van der Waals surface area contributed by atoms with Gasteiger partial charge >= 0.3 is 0 Å². The molecular formula is C26H19FN6O2. The van der Waals surface area contributed by atoms with E-state index in [1.807, 2.05) is 25.2 Å². The first-order valence-corrected chi connectivity index (χ1v) is 11.1. The molecule has 2 aromatic carbocycles. The highest BCUT2D eigenvalue weighted by atomic mass is 19.1. The molecule has 1 N–H and O–H groups in total. The lowest BCUT2D eigenvalue weighted by atomic mass is 9.96. The second-order valence-corrected chi connectivity index (χ2v) is 8.68. The van der Waals surface area contributed by atoms with E-state index in [9.17, 15) is 14.8 Å². The summed E-state index contributed by atoms with van der Waals surface area (Å²) in [7, 11) is 1.85. The molecule has 5 aromatic rings. The number of nitrogens with zero attached hydrogens (tertiary/aromatic N) is 6. The Morgan fingerprint density at radius 2 is 2.00 bits per heavy atom. The van der Waals surface area contributed by atoms with Gasteiger partial charge in [0.2, 0.25) is 5.89 Å².